The number of fused-ring (bicyclic) bond motifs is 1. The summed E-state index contributed by atoms with van der Waals surface area (Å²) in [6.07, 6.45) is 5.58. The maximum atomic E-state index is 10.9. The molecule has 4 nitrogen and oxygen atoms in total. The van der Waals surface area contributed by atoms with Crippen molar-refractivity contribution < 1.29 is 9.53 Å². The zero-order chi connectivity index (χ0) is 11.0. The Hall–Kier alpha value is -1.68. The molecule has 0 radical (unpaired) electrons. The van der Waals surface area contributed by atoms with E-state index in [4.69, 9.17) is 4.74 Å². The molecule has 0 N–H and O–H groups in total. The van der Waals surface area contributed by atoms with E-state index in [9.17, 15) is 4.79 Å². The monoisotopic (exact) mass is 216 g/mol. The Morgan fingerprint density at radius 2 is 2.50 bits per heavy atom. The van der Waals surface area contributed by atoms with Crippen molar-refractivity contribution >= 4 is 11.8 Å². The fourth-order valence-corrected chi connectivity index (χ4v) is 2.20. The predicted molar refractivity (Wildman–Crippen MR) is 58.8 cm³/mol. The average molecular weight is 216 g/mol. The Bertz CT molecular complexity index is 527. The van der Waals surface area contributed by atoms with Gasteiger partial charge < -0.3 is 9.14 Å². The summed E-state index contributed by atoms with van der Waals surface area (Å²) in [5.74, 6) is 1.35. The molecule has 3 rings (SSSR count). The zero-order valence-electron chi connectivity index (χ0n) is 8.80. The van der Waals surface area contributed by atoms with Gasteiger partial charge >= 0.3 is 0 Å². The molecule has 1 fully saturated rings. The van der Waals surface area contributed by atoms with E-state index in [0.717, 1.165) is 37.3 Å². The van der Waals surface area contributed by atoms with Crippen LogP contribution in [-0.2, 0) is 4.74 Å². The molecular weight excluding hydrogens is 204 g/mol. The molecule has 1 atom stereocenters. The molecule has 16 heavy (non-hydrogen) atoms. The van der Waals surface area contributed by atoms with Crippen molar-refractivity contribution in [3.05, 3.63) is 35.9 Å². The third-order valence-corrected chi connectivity index (χ3v) is 3.05. The molecular formula is C12H12N2O2. The normalized spacial score (nSPS) is 20.4. The first-order chi connectivity index (χ1) is 7.90. The van der Waals surface area contributed by atoms with Gasteiger partial charge in [-0.05, 0) is 18.6 Å². The van der Waals surface area contributed by atoms with Gasteiger partial charge in [0.1, 0.15) is 5.82 Å². The van der Waals surface area contributed by atoms with Crippen molar-refractivity contribution in [3.63, 3.8) is 0 Å². The fourth-order valence-electron chi connectivity index (χ4n) is 2.20. The number of hydrogen-bond acceptors (Lipinski definition) is 3. The number of hydrogen-bond donors (Lipinski definition) is 0. The summed E-state index contributed by atoms with van der Waals surface area (Å²) in [6.45, 7) is 1.53. The smallest absolute Gasteiger partial charge is 0.152 e. The molecule has 0 aromatic carbocycles. The molecule has 0 bridgehead atoms. The van der Waals surface area contributed by atoms with E-state index in [1.165, 1.54) is 0 Å². The van der Waals surface area contributed by atoms with Crippen LogP contribution in [0.3, 0.4) is 0 Å². The van der Waals surface area contributed by atoms with Crippen LogP contribution in [0.2, 0.25) is 0 Å². The van der Waals surface area contributed by atoms with E-state index in [2.05, 4.69) is 4.98 Å². The van der Waals surface area contributed by atoms with Gasteiger partial charge in [-0.15, -0.1) is 0 Å². The Morgan fingerprint density at radius 3 is 3.25 bits per heavy atom. The van der Waals surface area contributed by atoms with Crippen LogP contribution in [0.15, 0.2) is 24.5 Å². The maximum Gasteiger partial charge on any atom is 0.152 e. The van der Waals surface area contributed by atoms with Crippen molar-refractivity contribution in [1.82, 2.24) is 9.38 Å². The number of rotatable bonds is 2. The minimum atomic E-state index is 0.351. The number of imidazole rings is 1. The van der Waals surface area contributed by atoms with Crippen LogP contribution in [0.5, 0.6) is 0 Å². The lowest BCUT2D eigenvalue weighted by atomic mass is 10.1. The molecule has 2 aromatic rings. The van der Waals surface area contributed by atoms with Crippen LogP contribution < -0.4 is 0 Å². The van der Waals surface area contributed by atoms with Crippen molar-refractivity contribution in [2.24, 2.45) is 0 Å². The van der Waals surface area contributed by atoms with E-state index >= 15 is 0 Å². The summed E-state index contributed by atoms with van der Waals surface area (Å²) >= 11 is 0. The quantitative estimate of drug-likeness (QED) is 0.717. The molecule has 0 aliphatic carbocycles. The standard InChI is InChI=1S/C12H12N2O2/c15-7-9-2-1-4-14-11(9)6-13-12(14)10-3-5-16-8-10/h1-2,4,6-7,10H,3,5,8H2. The van der Waals surface area contributed by atoms with Gasteiger partial charge in [-0.3, -0.25) is 4.79 Å². The molecule has 0 amide bonds. The van der Waals surface area contributed by atoms with Gasteiger partial charge in [0.2, 0.25) is 0 Å². The van der Waals surface area contributed by atoms with Gasteiger partial charge in [-0.25, -0.2) is 4.98 Å². The molecule has 4 heteroatoms. The summed E-state index contributed by atoms with van der Waals surface area (Å²) in [4.78, 5) is 15.3. The first kappa shape index (κ1) is 9.54. The maximum absolute atomic E-state index is 10.9. The molecule has 0 saturated carbocycles. The highest BCUT2D eigenvalue weighted by molar-refractivity contribution is 5.85. The largest absolute Gasteiger partial charge is 0.381 e. The summed E-state index contributed by atoms with van der Waals surface area (Å²) in [5, 5.41) is 0. The predicted octanol–water partition coefficient (Wildman–Crippen LogP) is 1.65. The summed E-state index contributed by atoms with van der Waals surface area (Å²) in [6, 6.07) is 3.68. The lowest BCUT2D eigenvalue weighted by molar-refractivity contribution is 0.112. The van der Waals surface area contributed by atoms with Gasteiger partial charge in [-0.2, -0.15) is 0 Å². The number of pyridine rings is 1. The van der Waals surface area contributed by atoms with Gasteiger partial charge in [0.15, 0.2) is 6.29 Å². The Labute approximate surface area is 92.9 Å². The Kier molecular flexibility index (Phi) is 2.22. The van der Waals surface area contributed by atoms with Gasteiger partial charge in [0, 0.05) is 24.3 Å². The van der Waals surface area contributed by atoms with E-state index in [-0.39, 0.29) is 0 Å². The molecule has 3 heterocycles. The molecule has 0 spiro atoms. The lowest BCUT2D eigenvalue weighted by Gasteiger charge is -2.06. The molecule has 1 aliphatic rings. The number of carbonyl (C=O) groups is 1. The number of nitrogens with zero attached hydrogens (tertiary/aromatic N) is 2. The van der Waals surface area contributed by atoms with E-state index in [1.807, 2.05) is 16.7 Å². The van der Waals surface area contributed by atoms with Gasteiger partial charge in [0.05, 0.1) is 18.3 Å². The minimum Gasteiger partial charge on any atom is -0.381 e. The SMILES string of the molecule is O=Cc1cccn2c(C3CCOC3)ncc12. The second kappa shape index (κ2) is 3.72. The minimum absolute atomic E-state index is 0.351. The van der Waals surface area contributed by atoms with Crippen LogP contribution in [0.25, 0.3) is 5.52 Å². The van der Waals surface area contributed by atoms with E-state index in [0.29, 0.717) is 11.5 Å². The van der Waals surface area contributed by atoms with Crippen molar-refractivity contribution in [2.75, 3.05) is 13.2 Å². The van der Waals surface area contributed by atoms with E-state index in [1.54, 1.807) is 12.3 Å². The summed E-state index contributed by atoms with van der Waals surface area (Å²) in [5.41, 5.74) is 1.56. The second-order valence-corrected chi connectivity index (χ2v) is 4.01. The first-order valence-corrected chi connectivity index (χ1v) is 5.39. The van der Waals surface area contributed by atoms with Crippen molar-refractivity contribution in [1.29, 1.82) is 0 Å². The summed E-state index contributed by atoms with van der Waals surface area (Å²) in [7, 11) is 0. The molecule has 1 saturated heterocycles. The van der Waals surface area contributed by atoms with Crippen LogP contribution in [0, 0.1) is 0 Å². The third kappa shape index (κ3) is 1.34. The zero-order valence-corrected chi connectivity index (χ0v) is 8.80. The van der Waals surface area contributed by atoms with Crippen LogP contribution >= 0.6 is 0 Å². The lowest BCUT2D eigenvalue weighted by Crippen LogP contribution is -2.04. The topological polar surface area (TPSA) is 43.6 Å². The summed E-state index contributed by atoms with van der Waals surface area (Å²) < 4.78 is 7.35. The van der Waals surface area contributed by atoms with Gasteiger partial charge in [-0.1, -0.05) is 0 Å². The molecule has 2 aromatic heterocycles. The molecule has 1 unspecified atom stereocenters. The van der Waals surface area contributed by atoms with Crippen LogP contribution in [0.4, 0.5) is 0 Å². The van der Waals surface area contributed by atoms with Crippen molar-refractivity contribution in [2.45, 2.75) is 12.3 Å². The molecule has 1 aliphatic heterocycles. The molecule has 82 valence electrons. The highest BCUT2D eigenvalue weighted by atomic mass is 16.5. The Balaban J connectivity index is 2.16. The third-order valence-electron chi connectivity index (χ3n) is 3.05. The van der Waals surface area contributed by atoms with Gasteiger partial charge in [0.25, 0.3) is 0 Å². The average Bonchev–Trinajstić information content (AvgIpc) is 2.96. The van der Waals surface area contributed by atoms with E-state index < -0.39 is 0 Å². The van der Waals surface area contributed by atoms with Crippen LogP contribution in [0.1, 0.15) is 28.5 Å². The first-order valence-electron chi connectivity index (χ1n) is 5.39. The highest BCUT2D eigenvalue weighted by Gasteiger charge is 2.22. The van der Waals surface area contributed by atoms with Crippen LogP contribution in [-0.4, -0.2) is 28.9 Å². The van der Waals surface area contributed by atoms with Crippen molar-refractivity contribution in [3.8, 4) is 0 Å². The number of aldehydes is 1. The number of carbonyl (C=O) groups excluding carboxylic acids is 1. The number of aromatic nitrogens is 2. The highest BCUT2D eigenvalue weighted by Crippen LogP contribution is 2.25. The second-order valence-electron chi connectivity index (χ2n) is 4.01. The number of ether oxygens (including phenoxy) is 1. The Morgan fingerprint density at radius 1 is 1.56 bits per heavy atom. The fraction of sp³-hybridized carbons (Fsp3) is 0.333.